The molecule has 0 spiro atoms. The van der Waals surface area contributed by atoms with Crippen molar-refractivity contribution in [2.75, 3.05) is 50.0 Å². The Morgan fingerprint density at radius 1 is 0.871 bits per heavy atom. The zero-order valence-electron chi connectivity index (χ0n) is 19.0. The van der Waals surface area contributed by atoms with Gasteiger partial charge in [-0.15, -0.1) is 0 Å². The number of nitrogens with one attached hydrogen (secondary N) is 1. The number of benzene rings is 2. The van der Waals surface area contributed by atoms with Crippen molar-refractivity contribution in [1.29, 1.82) is 0 Å². The van der Waals surface area contributed by atoms with Crippen molar-refractivity contribution in [2.45, 2.75) is 20.8 Å². The van der Waals surface area contributed by atoms with E-state index in [2.05, 4.69) is 82.2 Å². The Kier molecular flexibility index (Phi) is 6.14. The second-order valence-electron chi connectivity index (χ2n) is 8.57. The monoisotopic (exact) mass is 416 g/mol. The number of hydrogen-bond donors (Lipinski definition) is 1. The predicted octanol–water partition coefficient (Wildman–Crippen LogP) is 4.45. The number of piperazine rings is 1. The highest BCUT2D eigenvalue weighted by molar-refractivity contribution is 6.00. The lowest BCUT2D eigenvalue weighted by molar-refractivity contribution is 0.101. The van der Waals surface area contributed by atoms with E-state index in [1.165, 1.54) is 11.3 Å². The van der Waals surface area contributed by atoms with Crippen LogP contribution in [0.4, 0.5) is 11.4 Å². The van der Waals surface area contributed by atoms with Gasteiger partial charge in [-0.25, -0.2) is 0 Å². The summed E-state index contributed by atoms with van der Waals surface area (Å²) in [5.41, 5.74) is 7.36. The number of carbonyl (C=O) groups is 1. The number of Topliss-reactive ketones (excluding diaryl/α,β-unsaturated/α-hetero) is 1. The van der Waals surface area contributed by atoms with Crippen LogP contribution in [0.5, 0.6) is 0 Å². The fraction of sp³-hybridized carbons (Fsp3) is 0.346. The van der Waals surface area contributed by atoms with Gasteiger partial charge in [-0.1, -0.05) is 17.7 Å². The van der Waals surface area contributed by atoms with E-state index in [0.29, 0.717) is 0 Å². The SMILES string of the molecule is Cc1ccc(-n2c(C)cc(C(=O)CNc3ccc(N4CCN(C)CC4)cc3)c2C)cc1. The highest BCUT2D eigenvalue weighted by Crippen LogP contribution is 2.23. The Balaban J connectivity index is 1.41. The smallest absolute Gasteiger partial charge is 0.183 e. The van der Waals surface area contributed by atoms with Gasteiger partial charge in [-0.05, 0) is 70.3 Å². The van der Waals surface area contributed by atoms with Gasteiger partial charge in [-0.3, -0.25) is 4.79 Å². The standard InChI is InChI=1S/C26H32N4O/c1-19-5-9-24(10-6-19)30-20(2)17-25(21(30)3)26(31)18-27-22-7-11-23(12-8-22)29-15-13-28(4)14-16-29/h5-12,17,27H,13-16,18H2,1-4H3. The van der Waals surface area contributed by atoms with Crippen LogP contribution in [0.3, 0.4) is 0 Å². The molecule has 0 unspecified atom stereocenters. The van der Waals surface area contributed by atoms with Crippen molar-refractivity contribution < 1.29 is 4.79 Å². The molecule has 0 aliphatic carbocycles. The molecule has 1 aromatic heterocycles. The maximum Gasteiger partial charge on any atom is 0.183 e. The number of nitrogens with zero attached hydrogens (tertiary/aromatic N) is 3. The van der Waals surface area contributed by atoms with Crippen LogP contribution in [0.15, 0.2) is 54.6 Å². The van der Waals surface area contributed by atoms with Crippen molar-refractivity contribution in [1.82, 2.24) is 9.47 Å². The molecule has 0 amide bonds. The minimum atomic E-state index is 0.106. The third-order valence-corrected chi connectivity index (χ3v) is 6.21. The van der Waals surface area contributed by atoms with E-state index in [-0.39, 0.29) is 12.3 Å². The molecule has 1 saturated heterocycles. The third kappa shape index (κ3) is 4.67. The Bertz CT molecular complexity index is 1040. The van der Waals surface area contributed by atoms with Gasteiger partial charge >= 0.3 is 0 Å². The average Bonchev–Trinajstić information content (AvgIpc) is 3.08. The lowest BCUT2D eigenvalue weighted by Crippen LogP contribution is -2.44. The minimum absolute atomic E-state index is 0.106. The summed E-state index contributed by atoms with van der Waals surface area (Å²) in [7, 11) is 2.17. The highest BCUT2D eigenvalue weighted by Gasteiger charge is 2.17. The quantitative estimate of drug-likeness (QED) is 0.603. The summed E-state index contributed by atoms with van der Waals surface area (Å²) < 4.78 is 2.15. The fourth-order valence-electron chi connectivity index (χ4n) is 4.27. The van der Waals surface area contributed by atoms with Crippen molar-refractivity contribution in [3.8, 4) is 5.69 Å². The number of carbonyl (C=O) groups excluding carboxylic acids is 1. The van der Waals surface area contributed by atoms with Crippen molar-refractivity contribution in [3.05, 3.63) is 77.1 Å². The van der Waals surface area contributed by atoms with Crippen LogP contribution in [-0.4, -0.2) is 55.0 Å². The minimum Gasteiger partial charge on any atom is -0.378 e. The number of hydrogen-bond acceptors (Lipinski definition) is 4. The first-order chi connectivity index (χ1) is 14.9. The first-order valence-corrected chi connectivity index (χ1v) is 11.0. The van der Waals surface area contributed by atoms with E-state index in [1.54, 1.807) is 0 Å². The Morgan fingerprint density at radius 3 is 2.13 bits per heavy atom. The normalized spacial score (nSPS) is 14.6. The number of aryl methyl sites for hydroxylation is 2. The highest BCUT2D eigenvalue weighted by atomic mass is 16.1. The summed E-state index contributed by atoms with van der Waals surface area (Å²) in [6.45, 7) is 10.7. The van der Waals surface area contributed by atoms with E-state index in [4.69, 9.17) is 0 Å². The lowest BCUT2D eigenvalue weighted by Gasteiger charge is -2.34. The first kappa shape index (κ1) is 21.2. The lowest BCUT2D eigenvalue weighted by atomic mass is 10.1. The molecule has 2 heterocycles. The van der Waals surface area contributed by atoms with Crippen molar-refractivity contribution in [3.63, 3.8) is 0 Å². The topological polar surface area (TPSA) is 40.5 Å². The summed E-state index contributed by atoms with van der Waals surface area (Å²) >= 11 is 0. The summed E-state index contributed by atoms with van der Waals surface area (Å²) in [4.78, 5) is 17.7. The van der Waals surface area contributed by atoms with Gasteiger partial charge in [0.2, 0.25) is 0 Å². The maximum absolute atomic E-state index is 12.9. The molecule has 5 heteroatoms. The van der Waals surface area contributed by atoms with Gasteiger partial charge in [0.05, 0.1) is 6.54 Å². The molecule has 0 radical (unpaired) electrons. The van der Waals surface area contributed by atoms with Gasteiger partial charge in [0.1, 0.15) is 0 Å². The molecule has 2 aromatic carbocycles. The average molecular weight is 417 g/mol. The molecule has 31 heavy (non-hydrogen) atoms. The van der Waals surface area contributed by atoms with Crippen LogP contribution < -0.4 is 10.2 Å². The molecule has 162 valence electrons. The second-order valence-corrected chi connectivity index (χ2v) is 8.57. The molecule has 1 aliphatic rings. The Morgan fingerprint density at radius 2 is 1.48 bits per heavy atom. The molecule has 0 atom stereocenters. The maximum atomic E-state index is 12.9. The summed E-state index contributed by atoms with van der Waals surface area (Å²) in [5.74, 6) is 0.106. The number of likely N-dealkylation sites (N-methyl/N-ethyl adjacent to an activating group) is 1. The van der Waals surface area contributed by atoms with Gasteiger partial charge in [-0.2, -0.15) is 0 Å². The molecule has 3 aromatic rings. The zero-order valence-corrected chi connectivity index (χ0v) is 19.0. The zero-order chi connectivity index (χ0) is 22.0. The van der Waals surface area contributed by atoms with E-state index in [9.17, 15) is 4.79 Å². The van der Waals surface area contributed by atoms with Gasteiger partial charge in [0.25, 0.3) is 0 Å². The Hall–Kier alpha value is -3.05. The van der Waals surface area contributed by atoms with Crippen LogP contribution in [0.1, 0.15) is 27.3 Å². The first-order valence-electron chi connectivity index (χ1n) is 11.0. The number of anilines is 2. The molecular weight excluding hydrogens is 384 g/mol. The van der Waals surface area contributed by atoms with E-state index >= 15 is 0 Å². The van der Waals surface area contributed by atoms with Gasteiger partial charge < -0.3 is 19.7 Å². The van der Waals surface area contributed by atoms with Crippen LogP contribution >= 0.6 is 0 Å². The van der Waals surface area contributed by atoms with Crippen LogP contribution in [0.25, 0.3) is 5.69 Å². The molecule has 0 saturated carbocycles. The summed E-state index contributed by atoms with van der Waals surface area (Å²) in [5, 5.41) is 3.30. The largest absolute Gasteiger partial charge is 0.378 e. The van der Waals surface area contributed by atoms with Gasteiger partial charge in [0, 0.05) is 60.2 Å². The molecule has 4 rings (SSSR count). The molecule has 0 bridgehead atoms. The van der Waals surface area contributed by atoms with Gasteiger partial charge in [0.15, 0.2) is 5.78 Å². The number of ketones is 1. The van der Waals surface area contributed by atoms with Crippen LogP contribution in [0, 0.1) is 20.8 Å². The van der Waals surface area contributed by atoms with Crippen molar-refractivity contribution in [2.24, 2.45) is 0 Å². The second kappa shape index (κ2) is 8.98. The molecule has 1 N–H and O–H groups in total. The third-order valence-electron chi connectivity index (χ3n) is 6.21. The number of rotatable bonds is 6. The van der Waals surface area contributed by atoms with E-state index < -0.39 is 0 Å². The van der Waals surface area contributed by atoms with E-state index in [0.717, 1.165) is 54.5 Å². The summed E-state index contributed by atoms with van der Waals surface area (Å²) in [6, 6.07) is 18.8. The molecule has 5 nitrogen and oxygen atoms in total. The van der Waals surface area contributed by atoms with Crippen LogP contribution in [-0.2, 0) is 0 Å². The summed E-state index contributed by atoms with van der Waals surface area (Å²) in [6.07, 6.45) is 0. The van der Waals surface area contributed by atoms with Crippen molar-refractivity contribution >= 4 is 17.2 Å². The fourth-order valence-corrected chi connectivity index (χ4v) is 4.27. The molecular formula is C26H32N4O. The molecule has 1 aliphatic heterocycles. The van der Waals surface area contributed by atoms with Crippen LogP contribution in [0.2, 0.25) is 0 Å². The van der Waals surface area contributed by atoms with E-state index in [1.807, 2.05) is 19.9 Å². The Labute approximate surface area is 185 Å². The predicted molar refractivity (Wildman–Crippen MR) is 129 cm³/mol. The number of aromatic nitrogens is 1. The molecule has 1 fully saturated rings.